The Morgan fingerprint density at radius 1 is 1.14 bits per heavy atom. The highest BCUT2D eigenvalue weighted by atomic mass is 32.2. The second kappa shape index (κ2) is 7.63. The summed E-state index contributed by atoms with van der Waals surface area (Å²) in [6.45, 7) is 1.16. The number of benzene rings is 1. The van der Waals surface area contributed by atoms with Gasteiger partial charge in [0.15, 0.2) is 0 Å². The van der Waals surface area contributed by atoms with E-state index in [4.69, 9.17) is 0 Å². The quantitative estimate of drug-likeness (QED) is 0.636. The number of aromatic nitrogens is 1. The first-order valence-corrected chi connectivity index (χ1v) is 11.7. The predicted octanol–water partition coefficient (Wildman–Crippen LogP) is 2.20. The first-order valence-electron chi connectivity index (χ1n) is 8.57. The van der Waals surface area contributed by atoms with Gasteiger partial charge < -0.3 is 9.88 Å². The van der Waals surface area contributed by atoms with E-state index in [-0.39, 0.29) is 28.8 Å². The number of thiazole rings is 1. The largest absolute Gasteiger partial charge is 0.337 e. The molecule has 0 saturated carbocycles. The van der Waals surface area contributed by atoms with Crippen LogP contribution in [0.5, 0.6) is 0 Å². The first-order chi connectivity index (χ1) is 13.4. The Hall–Kier alpha value is -2.27. The molecule has 0 radical (unpaired) electrons. The van der Waals surface area contributed by atoms with E-state index in [1.165, 1.54) is 22.5 Å². The molecule has 3 heterocycles. The van der Waals surface area contributed by atoms with Crippen LogP contribution in [0.3, 0.4) is 0 Å². The van der Waals surface area contributed by atoms with Crippen LogP contribution < -0.4 is 4.87 Å². The first kappa shape index (κ1) is 19.1. The third-order valence-electron chi connectivity index (χ3n) is 4.51. The van der Waals surface area contributed by atoms with Crippen LogP contribution in [0.25, 0.3) is 16.3 Å². The average molecular weight is 436 g/mol. The molecule has 10 heteroatoms. The van der Waals surface area contributed by atoms with Crippen LogP contribution in [0.2, 0.25) is 0 Å². The summed E-state index contributed by atoms with van der Waals surface area (Å²) in [7, 11) is -3.67. The molecule has 0 bridgehead atoms. The molecule has 1 aliphatic rings. The van der Waals surface area contributed by atoms with E-state index in [0.717, 1.165) is 16.2 Å². The fraction of sp³-hybridized carbons (Fsp3) is 0.222. The van der Waals surface area contributed by atoms with E-state index in [1.807, 2.05) is 17.5 Å². The van der Waals surface area contributed by atoms with Gasteiger partial charge in [-0.15, -0.1) is 11.3 Å². The molecule has 146 valence electrons. The molecule has 1 fully saturated rings. The second-order valence-electron chi connectivity index (χ2n) is 6.25. The van der Waals surface area contributed by atoms with Gasteiger partial charge in [0.2, 0.25) is 15.9 Å². The maximum Gasteiger partial charge on any atom is 0.305 e. The van der Waals surface area contributed by atoms with Crippen LogP contribution in [-0.4, -0.2) is 54.7 Å². The minimum atomic E-state index is -3.67. The topological polar surface area (TPSA) is 90.6 Å². The number of rotatable bonds is 4. The van der Waals surface area contributed by atoms with Gasteiger partial charge in [0.05, 0.1) is 15.1 Å². The number of nitrogens with zero attached hydrogens (tertiary/aromatic N) is 2. The van der Waals surface area contributed by atoms with Gasteiger partial charge in [-0.25, -0.2) is 8.42 Å². The smallest absolute Gasteiger partial charge is 0.305 e. The molecule has 1 N–H and O–H groups in total. The highest BCUT2D eigenvalue weighted by Gasteiger charge is 2.29. The van der Waals surface area contributed by atoms with Crippen molar-refractivity contribution in [3.05, 3.63) is 56.3 Å². The summed E-state index contributed by atoms with van der Waals surface area (Å²) in [5.41, 5.74) is 0.627. The number of hydrogen-bond acceptors (Lipinski definition) is 6. The predicted molar refractivity (Wildman–Crippen MR) is 111 cm³/mol. The summed E-state index contributed by atoms with van der Waals surface area (Å²) in [4.78, 5) is 29.0. The normalized spacial score (nSPS) is 16.2. The van der Waals surface area contributed by atoms with E-state index in [9.17, 15) is 18.0 Å². The van der Waals surface area contributed by atoms with Crippen molar-refractivity contribution >= 4 is 54.9 Å². The van der Waals surface area contributed by atoms with Gasteiger partial charge in [-0.05, 0) is 35.7 Å². The highest BCUT2D eigenvalue weighted by Crippen LogP contribution is 2.23. The number of piperazine rings is 1. The number of thiophene rings is 1. The van der Waals surface area contributed by atoms with Gasteiger partial charge >= 0.3 is 4.87 Å². The maximum atomic E-state index is 12.9. The van der Waals surface area contributed by atoms with E-state index < -0.39 is 10.0 Å². The van der Waals surface area contributed by atoms with Crippen LogP contribution >= 0.6 is 22.7 Å². The van der Waals surface area contributed by atoms with Gasteiger partial charge in [-0.1, -0.05) is 17.4 Å². The summed E-state index contributed by atoms with van der Waals surface area (Å²) >= 11 is 2.53. The summed E-state index contributed by atoms with van der Waals surface area (Å²) in [5, 5.41) is 1.94. The second-order valence-corrected chi connectivity index (χ2v) is 10.2. The van der Waals surface area contributed by atoms with Crippen molar-refractivity contribution < 1.29 is 13.2 Å². The number of fused-ring (bicyclic) bond motifs is 1. The Labute approximate surface area is 169 Å². The van der Waals surface area contributed by atoms with E-state index in [2.05, 4.69) is 4.98 Å². The minimum absolute atomic E-state index is 0.121. The summed E-state index contributed by atoms with van der Waals surface area (Å²) < 4.78 is 27.8. The molecule has 1 amide bonds. The average Bonchev–Trinajstić information content (AvgIpc) is 3.34. The summed E-state index contributed by atoms with van der Waals surface area (Å²) in [6.07, 6.45) is 3.30. The molecule has 28 heavy (non-hydrogen) atoms. The fourth-order valence-electron chi connectivity index (χ4n) is 3.03. The Morgan fingerprint density at radius 2 is 1.93 bits per heavy atom. The van der Waals surface area contributed by atoms with Crippen molar-refractivity contribution in [1.82, 2.24) is 14.2 Å². The minimum Gasteiger partial charge on any atom is -0.337 e. The Morgan fingerprint density at radius 3 is 2.64 bits per heavy atom. The van der Waals surface area contributed by atoms with Crippen LogP contribution in [0.1, 0.15) is 4.88 Å². The standard InChI is InChI=1S/C18H17N3O4S3/c22-17(6-3-13-2-1-11-26-13)20-7-9-21(10-8-20)28(24,25)14-4-5-15-16(12-14)27-18(23)19-15/h1-6,11-12H,7-10H2,(H,19,23). The SMILES string of the molecule is O=C(C=Cc1cccs1)N1CCN(S(=O)(=O)c2ccc3[nH]c(=O)sc3c2)CC1. The molecular weight excluding hydrogens is 418 g/mol. The highest BCUT2D eigenvalue weighted by molar-refractivity contribution is 7.89. The van der Waals surface area contributed by atoms with E-state index in [0.29, 0.717) is 23.3 Å². The lowest BCUT2D eigenvalue weighted by Gasteiger charge is -2.33. The number of amides is 1. The van der Waals surface area contributed by atoms with Crippen LogP contribution in [0, 0.1) is 0 Å². The van der Waals surface area contributed by atoms with Crippen LogP contribution in [0.4, 0.5) is 0 Å². The number of aromatic amines is 1. The summed E-state index contributed by atoms with van der Waals surface area (Å²) in [5.74, 6) is -0.121. The summed E-state index contributed by atoms with van der Waals surface area (Å²) in [6, 6.07) is 8.48. The van der Waals surface area contributed by atoms with E-state index >= 15 is 0 Å². The lowest BCUT2D eigenvalue weighted by atomic mass is 10.3. The van der Waals surface area contributed by atoms with E-state index in [1.54, 1.807) is 28.4 Å². The van der Waals surface area contributed by atoms with Gasteiger partial charge in [-0.3, -0.25) is 9.59 Å². The Bertz CT molecular complexity index is 1180. The number of sulfonamides is 1. The van der Waals surface area contributed by atoms with Crippen molar-refractivity contribution in [2.45, 2.75) is 4.90 Å². The van der Waals surface area contributed by atoms with Crippen molar-refractivity contribution in [3.63, 3.8) is 0 Å². The molecule has 1 saturated heterocycles. The Kier molecular flexibility index (Phi) is 5.19. The molecule has 1 aromatic carbocycles. The van der Waals surface area contributed by atoms with Gasteiger partial charge in [0.25, 0.3) is 0 Å². The van der Waals surface area contributed by atoms with Crippen molar-refractivity contribution in [2.24, 2.45) is 0 Å². The van der Waals surface area contributed by atoms with Gasteiger partial charge in [-0.2, -0.15) is 4.31 Å². The lowest BCUT2D eigenvalue weighted by molar-refractivity contribution is -0.127. The molecular formula is C18H17N3O4S3. The van der Waals surface area contributed by atoms with Crippen LogP contribution in [-0.2, 0) is 14.8 Å². The number of hydrogen-bond donors (Lipinski definition) is 1. The molecule has 3 aromatic rings. The molecule has 0 atom stereocenters. The zero-order valence-electron chi connectivity index (χ0n) is 14.7. The number of H-pyrrole nitrogens is 1. The maximum absolute atomic E-state index is 12.9. The molecule has 4 rings (SSSR count). The zero-order valence-corrected chi connectivity index (χ0v) is 17.1. The molecule has 2 aromatic heterocycles. The van der Waals surface area contributed by atoms with Crippen molar-refractivity contribution in [1.29, 1.82) is 0 Å². The lowest BCUT2D eigenvalue weighted by Crippen LogP contribution is -2.50. The third kappa shape index (κ3) is 3.81. The van der Waals surface area contributed by atoms with Crippen LogP contribution in [0.15, 0.2) is 51.5 Å². The fourth-order valence-corrected chi connectivity index (χ4v) is 5.95. The molecule has 1 aliphatic heterocycles. The van der Waals surface area contributed by atoms with Gasteiger partial charge in [0, 0.05) is 37.1 Å². The molecule has 0 spiro atoms. The third-order valence-corrected chi connectivity index (χ3v) is 8.09. The van der Waals surface area contributed by atoms with Gasteiger partial charge in [0.1, 0.15) is 0 Å². The number of carbonyl (C=O) groups excluding carboxylic acids is 1. The Balaban J connectivity index is 1.44. The monoisotopic (exact) mass is 435 g/mol. The van der Waals surface area contributed by atoms with Crippen molar-refractivity contribution in [2.75, 3.05) is 26.2 Å². The van der Waals surface area contributed by atoms with Crippen molar-refractivity contribution in [3.8, 4) is 0 Å². The number of carbonyl (C=O) groups is 1. The zero-order chi connectivity index (χ0) is 19.7. The molecule has 7 nitrogen and oxygen atoms in total. The number of nitrogens with one attached hydrogen (secondary N) is 1. The molecule has 0 aliphatic carbocycles. The molecule has 0 unspecified atom stereocenters.